The van der Waals surface area contributed by atoms with Crippen molar-refractivity contribution in [3.63, 3.8) is 0 Å². The van der Waals surface area contributed by atoms with Crippen LogP contribution in [0.5, 0.6) is 5.75 Å². The van der Waals surface area contributed by atoms with Gasteiger partial charge < -0.3 is 19.4 Å². The minimum Gasteiger partial charge on any atom is -0.493 e. The lowest BCUT2D eigenvalue weighted by atomic mass is 9.95. The number of hydrogen-bond acceptors (Lipinski definition) is 10. The van der Waals surface area contributed by atoms with Crippen LogP contribution in [0.2, 0.25) is 0 Å². The molecule has 0 amide bonds. The lowest BCUT2D eigenvalue weighted by Gasteiger charge is -2.52. The van der Waals surface area contributed by atoms with E-state index in [4.69, 9.17) is 9.47 Å². The van der Waals surface area contributed by atoms with E-state index < -0.39 is 22.1 Å². The molecule has 48 heavy (non-hydrogen) atoms. The number of benzene rings is 2. The average Bonchev–Trinajstić information content (AvgIpc) is 3.07. The number of piperidine rings is 2. The fraction of sp³-hybridized carbons (Fsp3) is 0.588. The number of nitrogens with one attached hydrogen (secondary N) is 1. The maximum atomic E-state index is 14.9. The van der Waals surface area contributed by atoms with Gasteiger partial charge in [0.1, 0.15) is 22.8 Å². The van der Waals surface area contributed by atoms with Gasteiger partial charge in [0.15, 0.2) is 5.82 Å². The van der Waals surface area contributed by atoms with E-state index in [-0.39, 0.29) is 11.1 Å². The number of non-ortho nitro benzene ring substituents is 1. The molecule has 1 N–H and O–H groups in total. The third-order valence-corrected chi connectivity index (χ3v) is 11.8. The van der Waals surface area contributed by atoms with Crippen LogP contribution < -0.4 is 15.2 Å². The number of halogens is 2. The zero-order valence-electron chi connectivity index (χ0n) is 27.0. The number of thioether (sulfide) groups is 1. The van der Waals surface area contributed by atoms with Gasteiger partial charge in [0, 0.05) is 74.9 Å². The number of aromatic amines is 1. The van der Waals surface area contributed by atoms with Gasteiger partial charge in [-0.15, -0.1) is 0 Å². The first-order valence-electron chi connectivity index (χ1n) is 17.0. The van der Waals surface area contributed by atoms with E-state index in [1.807, 2.05) is 4.90 Å². The first kappa shape index (κ1) is 33.2. The van der Waals surface area contributed by atoms with Crippen LogP contribution in [0.3, 0.4) is 0 Å². The van der Waals surface area contributed by atoms with Crippen LogP contribution in [0.4, 0.5) is 20.2 Å². The molecule has 4 aliphatic rings. The highest BCUT2D eigenvalue weighted by atomic mass is 32.2. The number of ether oxygens (including phenoxy) is 2. The van der Waals surface area contributed by atoms with Gasteiger partial charge in [-0.25, -0.2) is 13.8 Å². The fourth-order valence-corrected chi connectivity index (χ4v) is 8.56. The summed E-state index contributed by atoms with van der Waals surface area (Å²) < 4.78 is 40.7. The first-order valence-corrected chi connectivity index (χ1v) is 18.1. The summed E-state index contributed by atoms with van der Waals surface area (Å²) in [4.78, 5) is 37.7. The van der Waals surface area contributed by atoms with Gasteiger partial charge in [0.25, 0.3) is 11.2 Å². The van der Waals surface area contributed by atoms with Crippen LogP contribution >= 0.6 is 11.8 Å². The Balaban J connectivity index is 0.847. The molecular formula is C34H42F2N6O5S. The summed E-state index contributed by atoms with van der Waals surface area (Å²) in [6.07, 6.45) is 5.88. The summed E-state index contributed by atoms with van der Waals surface area (Å²) >= 11 is 1.80. The minimum absolute atomic E-state index is 0.0334. The Hall–Kier alpha value is -3.33. The van der Waals surface area contributed by atoms with Gasteiger partial charge >= 0.3 is 0 Å². The van der Waals surface area contributed by atoms with Crippen LogP contribution in [0.25, 0.3) is 10.9 Å². The van der Waals surface area contributed by atoms with Crippen molar-refractivity contribution >= 4 is 34.0 Å². The minimum atomic E-state index is -0.618. The second-order valence-electron chi connectivity index (χ2n) is 13.4. The van der Waals surface area contributed by atoms with E-state index in [1.54, 1.807) is 17.8 Å². The van der Waals surface area contributed by atoms with Crippen molar-refractivity contribution < 1.29 is 23.2 Å². The van der Waals surface area contributed by atoms with E-state index >= 15 is 0 Å². The van der Waals surface area contributed by atoms with Gasteiger partial charge in [0.05, 0.1) is 34.6 Å². The van der Waals surface area contributed by atoms with Crippen molar-refractivity contribution in [2.24, 2.45) is 5.92 Å². The molecule has 14 heteroatoms. The zero-order chi connectivity index (χ0) is 33.2. The van der Waals surface area contributed by atoms with Crippen molar-refractivity contribution in [3.05, 3.63) is 68.3 Å². The predicted molar refractivity (Wildman–Crippen MR) is 181 cm³/mol. The molecule has 2 aromatic carbocycles. The van der Waals surface area contributed by atoms with Crippen molar-refractivity contribution in [3.8, 4) is 5.75 Å². The number of H-pyrrole nitrogens is 1. The summed E-state index contributed by atoms with van der Waals surface area (Å²) in [5.41, 5.74) is 0.0821. The number of anilines is 1. The van der Waals surface area contributed by atoms with E-state index in [2.05, 4.69) is 19.8 Å². The molecule has 11 nitrogen and oxygen atoms in total. The average molecular weight is 685 g/mol. The van der Waals surface area contributed by atoms with Gasteiger partial charge in [-0.05, 0) is 63.6 Å². The standard InChI is InChI=1S/C34H42F2N6O5S/c35-28-15-24(42(44)45)1-2-31(28)40-9-3-23(4-10-40)41-18-25(19-41)39-11-5-27(6-12-39)48-21-32-37-30-17-26(16-29(36)33(30)34(43)38-32)47-20-22-7-13-46-14-8-22/h1-2,15-17,22-23,25,27H,3-14,18-21H2,(H,37,38,43). The smallest absolute Gasteiger partial charge is 0.272 e. The van der Waals surface area contributed by atoms with E-state index in [0.29, 0.717) is 58.4 Å². The summed E-state index contributed by atoms with van der Waals surface area (Å²) in [6, 6.07) is 7.88. The number of nitrogens with zero attached hydrogens (tertiary/aromatic N) is 5. The fourth-order valence-electron chi connectivity index (χ4n) is 7.49. The van der Waals surface area contributed by atoms with Crippen LogP contribution in [-0.4, -0.2) is 101 Å². The number of rotatable bonds is 10. The summed E-state index contributed by atoms with van der Waals surface area (Å²) in [5, 5.41) is 11.4. The van der Waals surface area contributed by atoms with Gasteiger partial charge in [-0.3, -0.25) is 24.7 Å². The number of nitro groups is 1. The summed E-state index contributed by atoms with van der Waals surface area (Å²) in [5.74, 6) is 0.732. The summed E-state index contributed by atoms with van der Waals surface area (Å²) in [7, 11) is 0. The molecule has 4 aliphatic heterocycles. The van der Waals surface area contributed by atoms with Gasteiger partial charge in [-0.1, -0.05) is 0 Å². The molecule has 4 fully saturated rings. The molecule has 0 aliphatic carbocycles. The Kier molecular flexibility index (Phi) is 10.1. The molecule has 7 rings (SSSR count). The molecule has 0 atom stereocenters. The Bertz CT molecular complexity index is 1670. The monoisotopic (exact) mass is 684 g/mol. The third kappa shape index (κ3) is 7.46. The van der Waals surface area contributed by atoms with E-state index in [0.717, 1.165) is 97.1 Å². The Labute approximate surface area is 282 Å². The number of hydrogen-bond donors (Lipinski definition) is 1. The van der Waals surface area contributed by atoms with Crippen molar-refractivity contribution in [1.82, 2.24) is 19.8 Å². The van der Waals surface area contributed by atoms with Crippen LogP contribution in [0, 0.1) is 27.7 Å². The molecule has 258 valence electrons. The highest BCUT2D eigenvalue weighted by Crippen LogP contribution is 2.33. The van der Waals surface area contributed by atoms with Crippen molar-refractivity contribution in [2.75, 3.05) is 64.0 Å². The quantitative estimate of drug-likeness (QED) is 0.232. The SMILES string of the molecule is O=c1[nH]c(CSC2CCN(C3CN(C4CCN(c5ccc([N+](=O)[O-])cc5F)CC4)C3)CC2)nc2cc(OCC3CCOCC3)cc(F)c12. The number of nitro benzene ring substituents is 1. The topological polar surface area (TPSA) is 117 Å². The number of aromatic nitrogens is 2. The van der Waals surface area contributed by atoms with E-state index in [9.17, 15) is 23.7 Å². The second kappa shape index (κ2) is 14.7. The Morgan fingerprint density at radius 2 is 1.71 bits per heavy atom. The maximum Gasteiger partial charge on any atom is 0.272 e. The molecule has 5 heterocycles. The van der Waals surface area contributed by atoms with Crippen LogP contribution in [-0.2, 0) is 10.5 Å². The zero-order valence-corrected chi connectivity index (χ0v) is 27.8. The Morgan fingerprint density at radius 1 is 0.958 bits per heavy atom. The highest BCUT2D eigenvalue weighted by molar-refractivity contribution is 7.99. The predicted octanol–water partition coefficient (Wildman–Crippen LogP) is 4.97. The van der Waals surface area contributed by atoms with Crippen LogP contribution in [0.1, 0.15) is 44.3 Å². The van der Waals surface area contributed by atoms with Gasteiger partial charge in [0.2, 0.25) is 0 Å². The molecule has 3 aromatic rings. The molecule has 4 saturated heterocycles. The second-order valence-corrected chi connectivity index (χ2v) is 14.7. The molecule has 0 spiro atoms. The Morgan fingerprint density at radius 3 is 2.42 bits per heavy atom. The van der Waals surface area contributed by atoms with Crippen LogP contribution in [0.15, 0.2) is 35.1 Å². The lowest BCUT2D eigenvalue weighted by Crippen LogP contribution is -2.64. The molecule has 1 aromatic heterocycles. The molecule has 0 radical (unpaired) electrons. The molecule has 0 bridgehead atoms. The molecule has 0 saturated carbocycles. The van der Waals surface area contributed by atoms with Gasteiger partial charge in [-0.2, -0.15) is 11.8 Å². The molecule has 0 unspecified atom stereocenters. The normalized spacial score (nSPS) is 21.1. The summed E-state index contributed by atoms with van der Waals surface area (Å²) in [6.45, 7) is 7.58. The highest BCUT2D eigenvalue weighted by Gasteiger charge is 2.38. The number of likely N-dealkylation sites (tertiary alicyclic amines) is 2. The first-order chi connectivity index (χ1) is 23.3. The van der Waals surface area contributed by atoms with Crippen molar-refractivity contribution in [2.45, 2.75) is 61.6 Å². The number of fused-ring (bicyclic) bond motifs is 1. The molecular weight excluding hydrogens is 642 g/mol. The van der Waals surface area contributed by atoms with E-state index in [1.165, 1.54) is 18.2 Å². The lowest BCUT2D eigenvalue weighted by molar-refractivity contribution is -0.385. The third-order valence-electron chi connectivity index (χ3n) is 10.4. The maximum absolute atomic E-state index is 14.9. The van der Waals surface area contributed by atoms with Crippen molar-refractivity contribution in [1.29, 1.82) is 0 Å². The largest absolute Gasteiger partial charge is 0.493 e.